The predicted octanol–water partition coefficient (Wildman–Crippen LogP) is 2.65. The number of ether oxygens (including phenoxy) is 2. The van der Waals surface area contributed by atoms with Crippen LogP contribution in [0.4, 0.5) is 0 Å². The molecule has 4 aliphatic rings. The molecule has 12 heteroatoms. The third-order valence-corrected chi connectivity index (χ3v) is 11.6. The summed E-state index contributed by atoms with van der Waals surface area (Å²) in [4.78, 5) is 55.9. The number of aliphatic hydroxyl groups is 1. The maximum absolute atomic E-state index is 14.2. The second-order valence-electron chi connectivity index (χ2n) is 14.2. The van der Waals surface area contributed by atoms with Crippen molar-refractivity contribution in [2.24, 2.45) is 23.2 Å². The monoisotopic (exact) mass is 624 g/mol. The highest BCUT2D eigenvalue weighted by Crippen LogP contribution is 2.57. The molecule has 2 N–H and O–H groups in total. The quantitative estimate of drug-likeness (QED) is 0.321. The molecule has 0 aromatic heterocycles. The van der Waals surface area contributed by atoms with Crippen LogP contribution in [0, 0.1) is 23.2 Å². The fraction of sp³-hybridized carbons (Fsp3) is 0.806. The van der Waals surface area contributed by atoms with Crippen molar-refractivity contribution in [3.05, 3.63) is 12.2 Å². The molecule has 2 aliphatic carbocycles. The zero-order valence-electron chi connectivity index (χ0n) is 26.1. The molecule has 4 rings (SSSR count). The minimum Gasteiger partial charge on any atom is -0.460 e. The van der Waals surface area contributed by atoms with E-state index in [1.54, 1.807) is 34.8 Å². The SMILES string of the molecule is COC[C@@H]1CCCC/C=C\[C@@H]2C[C@@]2(C(=O)NS(=O)(=O)C2(C)CC2)CC(=O)[C@@H]2C[C@@H](O)CN2C(=O)[C@H]1CC(=O)OC(C)(C)C. The van der Waals surface area contributed by atoms with Crippen molar-refractivity contribution in [1.82, 2.24) is 9.62 Å². The average molecular weight is 625 g/mol. The highest BCUT2D eigenvalue weighted by atomic mass is 32.2. The molecule has 3 fully saturated rings. The smallest absolute Gasteiger partial charge is 0.307 e. The second kappa shape index (κ2) is 12.6. The number of allylic oxidation sites excluding steroid dienone is 2. The Morgan fingerprint density at radius 1 is 1.19 bits per heavy atom. The molecular weight excluding hydrogens is 576 g/mol. The number of carbonyl (C=O) groups is 4. The Morgan fingerprint density at radius 2 is 1.88 bits per heavy atom. The van der Waals surface area contributed by atoms with Gasteiger partial charge in [-0.05, 0) is 78.1 Å². The summed E-state index contributed by atoms with van der Waals surface area (Å²) in [6.07, 6.45) is 6.64. The molecule has 6 atom stereocenters. The molecule has 11 nitrogen and oxygen atoms in total. The molecule has 0 spiro atoms. The zero-order valence-corrected chi connectivity index (χ0v) is 26.9. The highest BCUT2D eigenvalue weighted by Gasteiger charge is 2.62. The van der Waals surface area contributed by atoms with Crippen LogP contribution < -0.4 is 4.72 Å². The van der Waals surface area contributed by atoms with E-state index in [0.717, 1.165) is 12.8 Å². The van der Waals surface area contributed by atoms with E-state index in [1.807, 2.05) is 12.2 Å². The van der Waals surface area contributed by atoms with E-state index >= 15 is 0 Å². The van der Waals surface area contributed by atoms with Crippen LogP contribution in [-0.4, -0.2) is 84.7 Å². The number of nitrogens with zero attached hydrogens (tertiary/aromatic N) is 1. The van der Waals surface area contributed by atoms with Gasteiger partial charge < -0.3 is 19.5 Å². The number of sulfonamides is 1. The van der Waals surface area contributed by atoms with Gasteiger partial charge in [-0.3, -0.25) is 23.9 Å². The maximum Gasteiger partial charge on any atom is 0.307 e. The molecule has 0 unspecified atom stereocenters. The van der Waals surface area contributed by atoms with Crippen LogP contribution in [0.25, 0.3) is 0 Å². The topological polar surface area (TPSA) is 156 Å². The van der Waals surface area contributed by atoms with Gasteiger partial charge in [-0.25, -0.2) is 8.42 Å². The molecule has 1 saturated heterocycles. The van der Waals surface area contributed by atoms with Crippen molar-refractivity contribution in [2.45, 2.75) is 114 Å². The Balaban J connectivity index is 1.63. The number of rotatable bonds is 7. The van der Waals surface area contributed by atoms with Crippen LogP contribution >= 0.6 is 0 Å². The minimum atomic E-state index is -3.90. The normalized spacial score (nSPS) is 33.8. The van der Waals surface area contributed by atoms with E-state index in [-0.39, 0.29) is 44.2 Å². The lowest BCUT2D eigenvalue weighted by Crippen LogP contribution is -2.48. The first-order valence-electron chi connectivity index (χ1n) is 15.5. The van der Waals surface area contributed by atoms with Crippen molar-refractivity contribution < 1.29 is 42.2 Å². The van der Waals surface area contributed by atoms with Crippen molar-refractivity contribution in [1.29, 1.82) is 0 Å². The summed E-state index contributed by atoms with van der Waals surface area (Å²) in [7, 11) is -2.36. The molecule has 2 saturated carbocycles. The number of esters is 1. The van der Waals surface area contributed by atoms with Crippen LogP contribution in [-0.2, 0) is 38.7 Å². The Bertz CT molecular complexity index is 1240. The summed E-state index contributed by atoms with van der Waals surface area (Å²) in [5, 5.41) is 10.6. The van der Waals surface area contributed by atoms with Gasteiger partial charge in [0.1, 0.15) is 5.60 Å². The summed E-state index contributed by atoms with van der Waals surface area (Å²) in [5.41, 5.74) is -1.98. The van der Waals surface area contributed by atoms with Crippen LogP contribution in [0.1, 0.15) is 91.9 Å². The van der Waals surface area contributed by atoms with Gasteiger partial charge in [0.2, 0.25) is 21.8 Å². The highest BCUT2D eigenvalue weighted by molar-refractivity contribution is 7.91. The lowest BCUT2D eigenvalue weighted by molar-refractivity contribution is -0.160. The van der Waals surface area contributed by atoms with Gasteiger partial charge in [0.25, 0.3) is 0 Å². The number of hydrogen-bond acceptors (Lipinski definition) is 9. The van der Waals surface area contributed by atoms with Crippen molar-refractivity contribution >= 4 is 33.6 Å². The number of Topliss-reactive ketones (excluding diaryl/α,β-unsaturated/α-hetero) is 1. The summed E-state index contributed by atoms with van der Waals surface area (Å²) in [5.74, 6) is -3.49. The molecule has 2 aliphatic heterocycles. The molecule has 0 radical (unpaired) electrons. The van der Waals surface area contributed by atoms with E-state index in [1.165, 1.54) is 4.90 Å². The van der Waals surface area contributed by atoms with E-state index in [4.69, 9.17) is 9.47 Å². The number of ketones is 1. The molecule has 0 aromatic rings. The van der Waals surface area contributed by atoms with Crippen molar-refractivity contribution in [3.8, 4) is 0 Å². The third-order valence-electron chi connectivity index (χ3n) is 9.48. The Kier molecular flexibility index (Phi) is 9.83. The van der Waals surface area contributed by atoms with Crippen LogP contribution in [0.15, 0.2) is 12.2 Å². The lowest BCUT2D eigenvalue weighted by atomic mass is 9.84. The zero-order chi connectivity index (χ0) is 31.8. The number of aliphatic hydroxyl groups excluding tert-OH is 1. The Morgan fingerprint density at radius 3 is 2.51 bits per heavy atom. The molecule has 2 heterocycles. The fourth-order valence-corrected chi connectivity index (χ4v) is 7.82. The van der Waals surface area contributed by atoms with Crippen molar-refractivity contribution in [3.63, 3.8) is 0 Å². The second-order valence-corrected chi connectivity index (χ2v) is 16.4. The number of carbonyl (C=O) groups excluding carboxylic acids is 4. The number of amides is 2. The molecule has 2 amide bonds. The fourth-order valence-electron chi connectivity index (χ4n) is 6.49. The summed E-state index contributed by atoms with van der Waals surface area (Å²) in [6, 6.07) is -0.996. The predicted molar refractivity (Wildman–Crippen MR) is 158 cm³/mol. The van der Waals surface area contributed by atoms with Gasteiger partial charge >= 0.3 is 5.97 Å². The largest absolute Gasteiger partial charge is 0.460 e. The first-order valence-corrected chi connectivity index (χ1v) is 17.0. The number of fused-ring (bicyclic) bond motifs is 2. The number of hydrogen-bond donors (Lipinski definition) is 2. The number of methoxy groups -OCH3 is 1. The molecule has 0 aromatic carbocycles. The summed E-state index contributed by atoms with van der Waals surface area (Å²) < 4.78 is 38.1. The van der Waals surface area contributed by atoms with Crippen LogP contribution in [0.5, 0.6) is 0 Å². The van der Waals surface area contributed by atoms with Crippen LogP contribution in [0.3, 0.4) is 0 Å². The molecule has 0 bridgehead atoms. The molecular formula is C31H48N2O9S. The van der Waals surface area contributed by atoms with Gasteiger partial charge in [0, 0.05) is 33.1 Å². The first kappa shape index (κ1) is 33.6. The van der Waals surface area contributed by atoms with E-state index in [0.29, 0.717) is 32.1 Å². The van der Waals surface area contributed by atoms with Crippen molar-refractivity contribution in [2.75, 3.05) is 20.3 Å². The third kappa shape index (κ3) is 7.68. The first-order chi connectivity index (χ1) is 20.0. The summed E-state index contributed by atoms with van der Waals surface area (Å²) >= 11 is 0. The Labute approximate surface area is 255 Å². The minimum absolute atomic E-state index is 0.00719. The maximum atomic E-state index is 14.2. The van der Waals surface area contributed by atoms with E-state index in [2.05, 4.69) is 4.72 Å². The van der Waals surface area contributed by atoms with Gasteiger partial charge in [-0.1, -0.05) is 18.6 Å². The standard InChI is InChI=1S/C31H48N2O9S/c1-29(2,3)42-26(36)15-23-20(19-41-5)10-8-6-7-9-11-21-16-31(21,28(38)32-43(39,40)30(4)12-13-30)17-25(35)24-14-22(34)18-33(24)27(23)37/h9,11,20-24,34H,6-8,10,12-19H2,1-5H3,(H,32,38)/b11-9-/t20-,21+,22+,23-,24-,31+/m0/s1. The van der Waals surface area contributed by atoms with Gasteiger partial charge in [-0.2, -0.15) is 0 Å². The lowest BCUT2D eigenvalue weighted by Gasteiger charge is -2.33. The van der Waals surface area contributed by atoms with Gasteiger partial charge in [0.05, 0.1) is 34.6 Å². The van der Waals surface area contributed by atoms with E-state index in [9.17, 15) is 32.7 Å². The van der Waals surface area contributed by atoms with E-state index < -0.39 is 67.4 Å². The molecule has 242 valence electrons. The summed E-state index contributed by atoms with van der Waals surface area (Å²) in [6.45, 7) is 7.02. The van der Waals surface area contributed by atoms with Crippen LogP contribution in [0.2, 0.25) is 0 Å². The average Bonchev–Trinajstić information content (AvgIpc) is 3.77. The Hall–Kier alpha value is -2.31. The molecule has 43 heavy (non-hydrogen) atoms. The number of nitrogens with one attached hydrogen (secondary N) is 1. The van der Waals surface area contributed by atoms with Gasteiger partial charge in [-0.15, -0.1) is 0 Å². The van der Waals surface area contributed by atoms with Gasteiger partial charge in [0.15, 0.2) is 5.78 Å².